The lowest BCUT2D eigenvalue weighted by molar-refractivity contribution is -0.113. The number of esters is 1. The number of thioether (sulfide) groups is 1. The summed E-state index contributed by atoms with van der Waals surface area (Å²) >= 11 is 2.77. The molecule has 0 radical (unpaired) electrons. The van der Waals surface area contributed by atoms with E-state index in [1.165, 1.54) is 30.2 Å². The average Bonchev–Trinajstić information content (AvgIpc) is 3.60. The maximum Gasteiger partial charge on any atom is 0.341 e. The fourth-order valence-electron chi connectivity index (χ4n) is 5.27. The SMILES string of the molecule is C=CCn1c(SCC(=O)Nc2sc3c(c2C(=O)OC)CCCC3)nnc1-c1cc(-c2ccccc2)nc2ccccc12. The van der Waals surface area contributed by atoms with E-state index in [1.807, 2.05) is 65.2 Å². The first kappa shape index (κ1) is 27.9. The Kier molecular flexibility index (Phi) is 8.16. The lowest BCUT2D eigenvalue weighted by atomic mass is 9.95. The summed E-state index contributed by atoms with van der Waals surface area (Å²) in [4.78, 5) is 31.8. The average molecular weight is 596 g/mol. The standard InChI is InChI=1S/C32H29N5O3S2/c1-3-17-37-29(23-18-25(20-11-5-4-6-12-20)33-24-15-9-7-13-21(23)24)35-36-32(37)41-19-27(38)34-30-28(31(39)40-2)22-14-8-10-16-26(22)42-30/h3-7,9,11-13,15,18H,1,8,10,14,16-17,19H2,2H3,(H,34,38). The normalized spacial score (nSPS) is 12.6. The third-order valence-corrected chi connectivity index (χ3v) is 9.38. The van der Waals surface area contributed by atoms with E-state index in [2.05, 4.69) is 22.1 Å². The molecule has 3 heterocycles. The van der Waals surface area contributed by atoms with Gasteiger partial charge < -0.3 is 10.1 Å². The Hall–Kier alpha value is -4.28. The van der Waals surface area contributed by atoms with Crippen LogP contribution in [0.3, 0.4) is 0 Å². The van der Waals surface area contributed by atoms with E-state index in [0.29, 0.717) is 28.1 Å². The highest BCUT2D eigenvalue weighted by Crippen LogP contribution is 2.39. The van der Waals surface area contributed by atoms with Crippen LogP contribution in [0.1, 0.15) is 33.6 Å². The molecule has 0 spiro atoms. The molecule has 1 aliphatic rings. The molecule has 0 unspecified atom stereocenters. The molecule has 212 valence electrons. The minimum atomic E-state index is -0.410. The van der Waals surface area contributed by atoms with Crippen molar-refractivity contribution in [2.75, 3.05) is 18.2 Å². The molecule has 1 N–H and O–H groups in total. The van der Waals surface area contributed by atoms with Gasteiger partial charge in [-0.3, -0.25) is 9.36 Å². The Balaban J connectivity index is 1.29. The van der Waals surface area contributed by atoms with Crippen LogP contribution < -0.4 is 5.32 Å². The Labute approximate surface area is 251 Å². The number of methoxy groups -OCH3 is 1. The van der Waals surface area contributed by atoms with Crippen LogP contribution in [-0.2, 0) is 28.9 Å². The van der Waals surface area contributed by atoms with Crippen molar-refractivity contribution in [3.8, 4) is 22.6 Å². The second-order valence-electron chi connectivity index (χ2n) is 9.89. The molecule has 10 heteroatoms. The minimum absolute atomic E-state index is 0.102. The number of thiophene rings is 1. The second-order valence-corrected chi connectivity index (χ2v) is 11.9. The molecular weight excluding hydrogens is 567 g/mol. The maximum atomic E-state index is 13.1. The molecule has 5 aromatic rings. The molecule has 3 aromatic heterocycles. The molecule has 42 heavy (non-hydrogen) atoms. The number of nitrogens with one attached hydrogen (secondary N) is 1. The van der Waals surface area contributed by atoms with Crippen molar-refractivity contribution in [3.63, 3.8) is 0 Å². The minimum Gasteiger partial charge on any atom is -0.465 e. The van der Waals surface area contributed by atoms with Gasteiger partial charge in [-0.25, -0.2) is 9.78 Å². The monoisotopic (exact) mass is 595 g/mol. The van der Waals surface area contributed by atoms with Crippen molar-refractivity contribution in [2.45, 2.75) is 37.4 Å². The summed E-state index contributed by atoms with van der Waals surface area (Å²) in [6, 6.07) is 20.0. The van der Waals surface area contributed by atoms with E-state index >= 15 is 0 Å². The number of carbonyl (C=O) groups excluding carboxylic acids is 2. The lowest BCUT2D eigenvalue weighted by Gasteiger charge is -2.12. The Morgan fingerprint density at radius 3 is 2.69 bits per heavy atom. The number of ether oxygens (including phenoxy) is 1. The smallest absolute Gasteiger partial charge is 0.341 e. The van der Waals surface area contributed by atoms with E-state index in [0.717, 1.165) is 63.8 Å². The largest absolute Gasteiger partial charge is 0.465 e. The first-order valence-corrected chi connectivity index (χ1v) is 15.5. The van der Waals surface area contributed by atoms with Crippen LogP contribution in [0.4, 0.5) is 5.00 Å². The van der Waals surface area contributed by atoms with Crippen LogP contribution in [-0.4, -0.2) is 44.5 Å². The van der Waals surface area contributed by atoms with Crippen LogP contribution in [0.5, 0.6) is 0 Å². The van der Waals surface area contributed by atoms with Crippen LogP contribution in [0.2, 0.25) is 0 Å². The van der Waals surface area contributed by atoms with Crippen LogP contribution >= 0.6 is 23.1 Å². The number of pyridine rings is 1. The van der Waals surface area contributed by atoms with Crippen LogP contribution in [0.15, 0.2) is 78.5 Å². The van der Waals surface area contributed by atoms with Gasteiger partial charge in [0.15, 0.2) is 11.0 Å². The summed E-state index contributed by atoms with van der Waals surface area (Å²) in [6.07, 6.45) is 5.63. The first-order chi connectivity index (χ1) is 20.6. The van der Waals surface area contributed by atoms with Crippen LogP contribution in [0.25, 0.3) is 33.5 Å². The van der Waals surface area contributed by atoms with E-state index in [-0.39, 0.29) is 11.7 Å². The van der Waals surface area contributed by atoms with Crippen molar-refractivity contribution in [1.82, 2.24) is 19.7 Å². The Bertz CT molecular complexity index is 1800. The Morgan fingerprint density at radius 2 is 1.88 bits per heavy atom. The topological polar surface area (TPSA) is 99.0 Å². The third kappa shape index (κ3) is 5.47. The van der Waals surface area contributed by atoms with E-state index in [4.69, 9.17) is 9.72 Å². The number of aryl methyl sites for hydroxylation is 1. The molecule has 0 bridgehead atoms. The number of amides is 1. The van der Waals surface area contributed by atoms with Crippen molar-refractivity contribution >= 4 is 50.9 Å². The molecule has 8 nitrogen and oxygen atoms in total. The van der Waals surface area contributed by atoms with E-state index in [1.54, 1.807) is 6.08 Å². The number of hydrogen-bond acceptors (Lipinski definition) is 8. The van der Waals surface area contributed by atoms with Gasteiger partial charge in [-0.1, -0.05) is 66.4 Å². The van der Waals surface area contributed by atoms with Gasteiger partial charge in [-0.2, -0.15) is 0 Å². The molecule has 0 saturated heterocycles. The second kappa shape index (κ2) is 12.3. The van der Waals surface area contributed by atoms with Crippen molar-refractivity contribution in [3.05, 3.63) is 89.3 Å². The fourth-order valence-corrected chi connectivity index (χ4v) is 7.31. The van der Waals surface area contributed by atoms with Crippen molar-refractivity contribution < 1.29 is 14.3 Å². The number of benzene rings is 2. The molecule has 0 fully saturated rings. The highest BCUT2D eigenvalue weighted by Gasteiger charge is 2.27. The molecule has 0 saturated carbocycles. The van der Waals surface area contributed by atoms with E-state index in [9.17, 15) is 9.59 Å². The number of carbonyl (C=O) groups is 2. The number of anilines is 1. The molecule has 0 atom stereocenters. The number of nitrogens with zero attached hydrogens (tertiary/aromatic N) is 4. The summed E-state index contributed by atoms with van der Waals surface area (Å²) in [5.74, 6) is 0.143. The number of fused-ring (bicyclic) bond motifs is 2. The molecule has 0 aliphatic heterocycles. The highest BCUT2D eigenvalue weighted by atomic mass is 32.2. The lowest BCUT2D eigenvalue weighted by Crippen LogP contribution is -2.17. The number of aromatic nitrogens is 4. The van der Waals surface area contributed by atoms with Gasteiger partial charge in [0.2, 0.25) is 5.91 Å². The number of hydrogen-bond donors (Lipinski definition) is 1. The number of para-hydroxylation sites is 1. The van der Waals surface area contributed by atoms with Crippen molar-refractivity contribution in [1.29, 1.82) is 0 Å². The zero-order valence-corrected chi connectivity index (χ0v) is 24.8. The third-order valence-electron chi connectivity index (χ3n) is 7.20. The zero-order chi connectivity index (χ0) is 29.1. The fraction of sp³-hybridized carbons (Fsp3) is 0.219. The Morgan fingerprint density at radius 1 is 1.10 bits per heavy atom. The number of allylic oxidation sites excluding steroid dienone is 1. The van der Waals surface area contributed by atoms with Gasteiger partial charge in [0.1, 0.15) is 5.00 Å². The molecular formula is C32H29N5O3S2. The van der Waals surface area contributed by atoms with Crippen LogP contribution in [0, 0.1) is 0 Å². The zero-order valence-electron chi connectivity index (χ0n) is 23.1. The summed E-state index contributed by atoms with van der Waals surface area (Å²) in [6.45, 7) is 4.40. The molecule has 2 aromatic carbocycles. The predicted molar refractivity (Wildman–Crippen MR) is 168 cm³/mol. The highest BCUT2D eigenvalue weighted by molar-refractivity contribution is 7.99. The van der Waals surface area contributed by atoms with Gasteiger partial charge in [-0.05, 0) is 43.4 Å². The summed E-state index contributed by atoms with van der Waals surface area (Å²) in [7, 11) is 1.37. The number of rotatable bonds is 9. The van der Waals surface area contributed by atoms with Gasteiger partial charge in [0.05, 0.1) is 29.6 Å². The van der Waals surface area contributed by atoms with Gasteiger partial charge >= 0.3 is 5.97 Å². The molecule has 1 amide bonds. The summed E-state index contributed by atoms with van der Waals surface area (Å²) < 4.78 is 7.01. The van der Waals surface area contributed by atoms with E-state index < -0.39 is 5.97 Å². The van der Waals surface area contributed by atoms with Crippen molar-refractivity contribution in [2.24, 2.45) is 0 Å². The van der Waals surface area contributed by atoms with Gasteiger partial charge in [0.25, 0.3) is 0 Å². The summed E-state index contributed by atoms with van der Waals surface area (Å²) in [5, 5.41) is 14.1. The predicted octanol–water partition coefficient (Wildman–Crippen LogP) is 6.80. The summed E-state index contributed by atoms with van der Waals surface area (Å²) in [5.41, 5.74) is 5.10. The molecule has 6 rings (SSSR count). The maximum absolute atomic E-state index is 13.1. The van der Waals surface area contributed by atoms with Gasteiger partial charge in [0, 0.05) is 27.9 Å². The quantitative estimate of drug-likeness (QED) is 0.114. The first-order valence-electron chi connectivity index (χ1n) is 13.7. The molecule has 1 aliphatic carbocycles. The van der Waals surface area contributed by atoms with Gasteiger partial charge in [-0.15, -0.1) is 28.1 Å².